The summed E-state index contributed by atoms with van der Waals surface area (Å²) < 4.78 is 0. The third kappa shape index (κ3) is 3.66. The fourth-order valence-corrected chi connectivity index (χ4v) is 8.22. The van der Waals surface area contributed by atoms with Crippen LogP contribution in [0.5, 0.6) is 0 Å². The topological polar surface area (TPSA) is 0 Å². The highest BCUT2D eigenvalue weighted by Crippen LogP contribution is 2.73. The summed E-state index contributed by atoms with van der Waals surface area (Å²) in [6.07, 6.45) is 0. The Labute approximate surface area is 192 Å². The summed E-state index contributed by atoms with van der Waals surface area (Å²) in [7, 11) is -1.65. The monoisotopic (exact) mass is 430 g/mol. The smallest absolute Gasteiger partial charge is 0.00291 e. The van der Waals surface area contributed by atoms with E-state index >= 15 is 0 Å². The molecule has 0 heterocycles. The van der Waals surface area contributed by atoms with E-state index in [0.29, 0.717) is 0 Å². The minimum absolute atomic E-state index is 1.25. The standard InChI is InChI=1S/C31H26S/c1-25-20-22-26(23-21-25)27-12-11-19-31(24-27)32(28-13-5-2-6-14-28,29-15-7-3-8-16-29)30-17-9-4-10-18-30/h2-24H,1H3. The molecule has 0 bridgehead atoms. The van der Waals surface area contributed by atoms with E-state index in [9.17, 15) is 0 Å². The minimum atomic E-state index is -1.65. The van der Waals surface area contributed by atoms with Crippen molar-refractivity contribution < 1.29 is 0 Å². The number of aryl methyl sites for hydroxylation is 1. The van der Waals surface area contributed by atoms with Crippen molar-refractivity contribution >= 4 is 10.0 Å². The molecule has 0 aliphatic rings. The van der Waals surface area contributed by atoms with Gasteiger partial charge in [0.15, 0.2) is 0 Å². The summed E-state index contributed by atoms with van der Waals surface area (Å²) in [4.78, 5) is 5.38. The highest BCUT2D eigenvalue weighted by atomic mass is 32.3. The molecule has 0 N–H and O–H groups in total. The van der Waals surface area contributed by atoms with Crippen LogP contribution < -0.4 is 0 Å². The van der Waals surface area contributed by atoms with E-state index < -0.39 is 10.0 Å². The van der Waals surface area contributed by atoms with E-state index in [2.05, 4.69) is 146 Å². The van der Waals surface area contributed by atoms with Crippen molar-refractivity contribution in [3.8, 4) is 11.1 Å². The zero-order chi connectivity index (χ0) is 21.8. The van der Waals surface area contributed by atoms with Gasteiger partial charge >= 0.3 is 0 Å². The van der Waals surface area contributed by atoms with Gasteiger partial charge in [0.2, 0.25) is 0 Å². The Kier molecular flexibility index (Phi) is 5.66. The van der Waals surface area contributed by atoms with E-state index in [1.807, 2.05) is 0 Å². The van der Waals surface area contributed by atoms with E-state index in [-0.39, 0.29) is 0 Å². The number of hydrogen-bond donors (Lipinski definition) is 0. The molecule has 5 aromatic carbocycles. The molecular formula is C31H26S. The molecule has 156 valence electrons. The zero-order valence-electron chi connectivity index (χ0n) is 18.2. The van der Waals surface area contributed by atoms with Crippen LogP contribution in [-0.4, -0.2) is 0 Å². The lowest BCUT2D eigenvalue weighted by molar-refractivity contribution is 1.24. The van der Waals surface area contributed by atoms with E-state index in [1.165, 1.54) is 36.3 Å². The van der Waals surface area contributed by atoms with Crippen molar-refractivity contribution in [2.24, 2.45) is 0 Å². The molecule has 0 aliphatic heterocycles. The van der Waals surface area contributed by atoms with Crippen LogP contribution >= 0.6 is 10.0 Å². The molecule has 0 amide bonds. The third-order valence-corrected chi connectivity index (χ3v) is 9.76. The van der Waals surface area contributed by atoms with Gasteiger partial charge in [-0.05, 0) is 66.6 Å². The number of rotatable bonds is 5. The van der Waals surface area contributed by atoms with Gasteiger partial charge in [-0.25, -0.2) is 0 Å². The van der Waals surface area contributed by atoms with Crippen molar-refractivity contribution in [3.63, 3.8) is 0 Å². The van der Waals surface area contributed by atoms with Gasteiger partial charge in [0.25, 0.3) is 0 Å². The summed E-state index contributed by atoms with van der Waals surface area (Å²) in [6.45, 7) is 2.13. The zero-order valence-corrected chi connectivity index (χ0v) is 19.0. The molecule has 0 unspecified atom stereocenters. The van der Waals surface area contributed by atoms with Crippen LogP contribution in [0.15, 0.2) is 159 Å². The van der Waals surface area contributed by atoms with Crippen molar-refractivity contribution in [3.05, 3.63) is 145 Å². The molecule has 1 heteroatoms. The van der Waals surface area contributed by atoms with Crippen molar-refractivity contribution in [2.75, 3.05) is 0 Å². The second-order valence-electron chi connectivity index (χ2n) is 7.95. The van der Waals surface area contributed by atoms with Crippen LogP contribution in [0.2, 0.25) is 0 Å². The lowest BCUT2D eigenvalue weighted by Gasteiger charge is -2.42. The Morgan fingerprint density at radius 3 is 1.28 bits per heavy atom. The Morgan fingerprint density at radius 1 is 0.375 bits per heavy atom. The molecule has 0 spiro atoms. The molecule has 5 rings (SSSR count). The molecule has 5 aromatic rings. The maximum absolute atomic E-state index is 2.40. The van der Waals surface area contributed by atoms with E-state index in [1.54, 1.807) is 0 Å². The van der Waals surface area contributed by atoms with E-state index in [0.717, 1.165) is 0 Å². The maximum Gasteiger partial charge on any atom is 0.00291 e. The van der Waals surface area contributed by atoms with Crippen LogP contribution in [0.4, 0.5) is 0 Å². The Bertz CT molecular complexity index is 1190. The molecule has 0 nitrogen and oxygen atoms in total. The summed E-state index contributed by atoms with van der Waals surface area (Å²) in [5.74, 6) is 0. The Morgan fingerprint density at radius 2 is 0.812 bits per heavy atom. The SMILES string of the molecule is Cc1ccc(-c2cccc(S(c3ccccc3)(c3ccccc3)c3ccccc3)c2)cc1. The lowest BCUT2D eigenvalue weighted by atomic mass is 10.0. The van der Waals surface area contributed by atoms with E-state index in [4.69, 9.17) is 0 Å². The molecule has 0 aliphatic carbocycles. The van der Waals surface area contributed by atoms with Crippen LogP contribution in [0.25, 0.3) is 11.1 Å². The van der Waals surface area contributed by atoms with Crippen LogP contribution in [0.1, 0.15) is 5.56 Å². The second kappa shape index (κ2) is 8.90. The van der Waals surface area contributed by atoms with Gasteiger partial charge < -0.3 is 0 Å². The van der Waals surface area contributed by atoms with Crippen molar-refractivity contribution in [1.29, 1.82) is 0 Å². The quantitative estimate of drug-likeness (QED) is 0.261. The molecule has 0 saturated heterocycles. The van der Waals surface area contributed by atoms with Gasteiger partial charge in [0, 0.05) is 19.6 Å². The average Bonchev–Trinajstić information content (AvgIpc) is 2.87. The van der Waals surface area contributed by atoms with Gasteiger partial charge in [-0.15, -0.1) is 10.0 Å². The lowest BCUT2D eigenvalue weighted by Crippen LogP contribution is -2.05. The van der Waals surface area contributed by atoms with Gasteiger partial charge in [-0.3, -0.25) is 0 Å². The predicted octanol–water partition coefficient (Wildman–Crippen LogP) is 9.00. The molecule has 0 saturated carbocycles. The largest absolute Gasteiger partial charge is 0.133 e. The van der Waals surface area contributed by atoms with Gasteiger partial charge in [0.05, 0.1) is 0 Å². The molecule has 0 radical (unpaired) electrons. The number of benzene rings is 5. The van der Waals surface area contributed by atoms with Crippen LogP contribution in [-0.2, 0) is 0 Å². The molecule has 32 heavy (non-hydrogen) atoms. The second-order valence-corrected chi connectivity index (χ2v) is 11.1. The summed E-state index contributed by atoms with van der Waals surface area (Å²) >= 11 is 0. The van der Waals surface area contributed by atoms with Crippen LogP contribution in [0.3, 0.4) is 0 Å². The summed E-state index contributed by atoms with van der Waals surface area (Å²) in [5, 5.41) is 0. The maximum atomic E-state index is 2.40. The minimum Gasteiger partial charge on any atom is -0.133 e. The molecule has 0 aromatic heterocycles. The van der Waals surface area contributed by atoms with Gasteiger partial charge in [-0.2, -0.15) is 0 Å². The third-order valence-electron chi connectivity index (χ3n) is 5.86. The van der Waals surface area contributed by atoms with Crippen molar-refractivity contribution in [1.82, 2.24) is 0 Å². The fraction of sp³-hybridized carbons (Fsp3) is 0.0323. The summed E-state index contributed by atoms with van der Waals surface area (Å²) in [6, 6.07) is 50.9. The average molecular weight is 431 g/mol. The summed E-state index contributed by atoms with van der Waals surface area (Å²) in [5.41, 5.74) is 3.78. The molecular weight excluding hydrogens is 404 g/mol. The first-order chi connectivity index (χ1) is 15.8. The Balaban J connectivity index is 1.83. The fourth-order valence-electron chi connectivity index (χ4n) is 4.30. The van der Waals surface area contributed by atoms with Gasteiger partial charge in [-0.1, -0.05) is 96.6 Å². The first kappa shape index (κ1) is 20.4. The molecule has 0 fully saturated rings. The normalized spacial score (nSPS) is 11.8. The van der Waals surface area contributed by atoms with Crippen LogP contribution in [0, 0.1) is 6.92 Å². The Hall–Kier alpha value is -3.55. The molecule has 0 atom stereocenters. The first-order valence-corrected chi connectivity index (χ1v) is 12.6. The highest BCUT2D eigenvalue weighted by Gasteiger charge is 2.33. The van der Waals surface area contributed by atoms with Crippen molar-refractivity contribution in [2.45, 2.75) is 26.5 Å². The van der Waals surface area contributed by atoms with Gasteiger partial charge in [0.1, 0.15) is 0 Å². The predicted molar refractivity (Wildman–Crippen MR) is 137 cm³/mol. The number of hydrogen-bond acceptors (Lipinski definition) is 0. The highest BCUT2D eigenvalue weighted by molar-refractivity contribution is 8.34. The first-order valence-electron chi connectivity index (χ1n) is 10.9.